The number of carbonyl (C=O) groups is 1. The third-order valence-electron chi connectivity index (χ3n) is 4.06. The second-order valence-corrected chi connectivity index (χ2v) is 7.55. The zero-order chi connectivity index (χ0) is 19.0. The zero-order valence-corrected chi connectivity index (χ0v) is 16.7. The van der Waals surface area contributed by atoms with Crippen LogP contribution in [0, 0.1) is 0 Å². The van der Waals surface area contributed by atoms with E-state index in [1.165, 1.54) is 32.1 Å². The van der Waals surface area contributed by atoms with Crippen molar-refractivity contribution in [2.75, 3.05) is 6.61 Å². The highest BCUT2D eigenvalue weighted by atomic mass is 32.3. The Morgan fingerprint density at radius 1 is 0.840 bits per heavy atom. The quantitative estimate of drug-likeness (QED) is 0.221. The molecule has 150 valence electrons. The predicted octanol–water partition coefficient (Wildman–Crippen LogP) is 4.83. The number of hydrogen-bond donors (Lipinski definition) is 1. The average molecular weight is 381 g/mol. The number of esters is 1. The molecule has 1 unspecified atom stereocenters. The number of rotatable bonds is 17. The molecule has 0 saturated carbocycles. The molecule has 0 aliphatic heterocycles. The van der Waals surface area contributed by atoms with Crippen LogP contribution in [0.2, 0.25) is 0 Å². The highest BCUT2D eigenvalue weighted by molar-refractivity contribution is 7.80. The van der Waals surface area contributed by atoms with Crippen LogP contribution in [0.15, 0.2) is 0 Å². The Hall–Kier alpha value is -0.660. The fourth-order valence-electron chi connectivity index (χ4n) is 2.61. The molecule has 0 radical (unpaired) electrons. The molecule has 1 atom stereocenters. The second-order valence-electron chi connectivity index (χ2n) is 6.50. The molecule has 7 heteroatoms. The van der Waals surface area contributed by atoms with Gasteiger partial charge in [-0.2, -0.15) is 8.42 Å². The minimum Gasteiger partial charge on any atom is -0.464 e. The first-order valence-electron chi connectivity index (χ1n) is 9.73. The number of hydrogen-bond acceptors (Lipinski definition) is 5. The fraction of sp³-hybridized carbons (Fsp3) is 0.944. The van der Waals surface area contributed by atoms with Crippen LogP contribution in [0.5, 0.6) is 0 Å². The molecule has 0 aliphatic carbocycles. The van der Waals surface area contributed by atoms with Crippen LogP contribution < -0.4 is 0 Å². The second kappa shape index (κ2) is 15.6. The molecular formula is C18H36O6S. The minimum absolute atomic E-state index is 0.232. The lowest BCUT2D eigenvalue weighted by Crippen LogP contribution is -2.29. The fourth-order valence-corrected chi connectivity index (χ4v) is 3.08. The minimum atomic E-state index is -4.66. The summed E-state index contributed by atoms with van der Waals surface area (Å²) in [6.07, 6.45) is 11.7. The van der Waals surface area contributed by atoms with Gasteiger partial charge in [0.25, 0.3) is 0 Å². The van der Waals surface area contributed by atoms with E-state index in [4.69, 9.17) is 9.29 Å². The van der Waals surface area contributed by atoms with E-state index < -0.39 is 22.5 Å². The molecular weight excluding hydrogens is 344 g/mol. The molecule has 0 amide bonds. The van der Waals surface area contributed by atoms with Gasteiger partial charge in [0, 0.05) is 0 Å². The third-order valence-corrected chi connectivity index (χ3v) is 4.54. The summed E-state index contributed by atoms with van der Waals surface area (Å²) in [4.78, 5) is 12.0. The van der Waals surface area contributed by atoms with Crippen LogP contribution in [0.3, 0.4) is 0 Å². The van der Waals surface area contributed by atoms with Crippen LogP contribution in [0.1, 0.15) is 97.3 Å². The first-order valence-corrected chi connectivity index (χ1v) is 11.1. The van der Waals surface area contributed by atoms with Crippen molar-refractivity contribution >= 4 is 16.4 Å². The third kappa shape index (κ3) is 16.6. The Balaban J connectivity index is 3.96. The van der Waals surface area contributed by atoms with Crippen LogP contribution in [0.4, 0.5) is 0 Å². The van der Waals surface area contributed by atoms with E-state index in [0.717, 1.165) is 38.5 Å². The van der Waals surface area contributed by atoms with Gasteiger partial charge >= 0.3 is 16.4 Å². The molecule has 0 aromatic rings. The molecule has 0 heterocycles. The molecule has 0 aromatic carbocycles. The Morgan fingerprint density at radius 3 is 1.84 bits per heavy atom. The van der Waals surface area contributed by atoms with Crippen molar-refractivity contribution in [3.8, 4) is 0 Å². The highest BCUT2D eigenvalue weighted by Gasteiger charge is 2.26. The van der Waals surface area contributed by atoms with Crippen molar-refractivity contribution in [3.05, 3.63) is 0 Å². The summed E-state index contributed by atoms with van der Waals surface area (Å²) in [5, 5.41) is 0. The largest absolute Gasteiger partial charge is 0.464 e. The predicted molar refractivity (Wildman–Crippen MR) is 98.7 cm³/mol. The van der Waals surface area contributed by atoms with Gasteiger partial charge in [0.05, 0.1) is 6.61 Å². The molecule has 0 aliphatic rings. The SMILES string of the molecule is CCCCCCCCCCOC(=O)C(CCCCCC)OS(=O)(=O)O. The van der Waals surface area contributed by atoms with Crippen molar-refractivity contribution in [1.82, 2.24) is 0 Å². The first kappa shape index (κ1) is 24.3. The molecule has 1 N–H and O–H groups in total. The Morgan fingerprint density at radius 2 is 1.32 bits per heavy atom. The van der Waals surface area contributed by atoms with Crippen molar-refractivity contribution in [2.24, 2.45) is 0 Å². The van der Waals surface area contributed by atoms with Gasteiger partial charge in [-0.25, -0.2) is 8.98 Å². The van der Waals surface area contributed by atoms with Crippen molar-refractivity contribution in [3.63, 3.8) is 0 Å². The molecule has 0 fully saturated rings. The van der Waals surface area contributed by atoms with Gasteiger partial charge in [-0.15, -0.1) is 0 Å². The van der Waals surface area contributed by atoms with Crippen molar-refractivity contribution in [2.45, 2.75) is 103 Å². The topological polar surface area (TPSA) is 89.9 Å². The molecule has 0 bridgehead atoms. The highest BCUT2D eigenvalue weighted by Crippen LogP contribution is 2.13. The van der Waals surface area contributed by atoms with E-state index in [9.17, 15) is 13.2 Å². The molecule has 0 rings (SSSR count). The molecule has 25 heavy (non-hydrogen) atoms. The lowest BCUT2D eigenvalue weighted by atomic mass is 10.1. The first-order chi connectivity index (χ1) is 11.9. The number of carbonyl (C=O) groups excluding carboxylic acids is 1. The maximum Gasteiger partial charge on any atom is 0.398 e. The Kier molecular flexibility index (Phi) is 15.2. The van der Waals surface area contributed by atoms with Crippen LogP contribution >= 0.6 is 0 Å². The van der Waals surface area contributed by atoms with E-state index in [1.807, 2.05) is 0 Å². The lowest BCUT2D eigenvalue weighted by Gasteiger charge is -2.14. The van der Waals surface area contributed by atoms with Crippen molar-refractivity contribution in [1.29, 1.82) is 0 Å². The summed E-state index contributed by atoms with van der Waals surface area (Å²) >= 11 is 0. The van der Waals surface area contributed by atoms with Crippen LogP contribution in [0.25, 0.3) is 0 Å². The van der Waals surface area contributed by atoms with Crippen molar-refractivity contribution < 1.29 is 26.7 Å². The molecule has 0 spiro atoms. The zero-order valence-electron chi connectivity index (χ0n) is 15.9. The maximum atomic E-state index is 12.0. The van der Waals surface area contributed by atoms with E-state index in [0.29, 0.717) is 6.42 Å². The standard InChI is InChI=1S/C18H36O6S/c1-3-5-7-9-10-11-12-14-16-23-18(19)17(24-25(20,21)22)15-13-8-6-4-2/h17H,3-16H2,1-2H3,(H,20,21,22). The normalized spacial score (nSPS) is 12.9. The summed E-state index contributed by atoms with van der Waals surface area (Å²) in [6.45, 7) is 4.51. The molecule has 0 aromatic heterocycles. The number of unbranched alkanes of at least 4 members (excludes halogenated alkanes) is 10. The van der Waals surface area contributed by atoms with Gasteiger partial charge in [-0.1, -0.05) is 84.5 Å². The summed E-state index contributed by atoms with van der Waals surface area (Å²) < 4.78 is 40.2. The maximum absolute atomic E-state index is 12.0. The van der Waals surface area contributed by atoms with Gasteiger partial charge in [0.2, 0.25) is 0 Å². The van der Waals surface area contributed by atoms with Gasteiger partial charge in [0.15, 0.2) is 6.10 Å². The summed E-state index contributed by atoms with van der Waals surface area (Å²) in [6, 6.07) is 0. The van der Waals surface area contributed by atoms with Crippen LogP contribution in [-0.2, 0) is 24.1 Å². The Bertz CT molecular complexity index is 421. The summed E-state index contributed by atoms with van der Waals surface area (Å²) in [7, 11) is -4.66. The average Bonchev–Trinajstić information content (AvgIpc) is 2.55. The van der Waals surface area contributed by atoms with E-state index in [-0.39, 0.29) is 13.0 Å². The summed E-state index contributed by atoms with van der Waals surface area (Å²) in [5.41, 5.74) is 0. The monoisotopic (exact) mass is 380 g/mol. The number of ether oxygens (including phenoxy) is 1. The van der Waals surface area contributed by atoms with Gasteiger partial charge in [-0.3, -0.25) is 4.55 Å². The molecule has 6 nitrogen and oxygen atoms in total. The Labute approximate surface area is 153 Å². The molecule has 0 saturated heterocycles. The van der Waals surface area contributed by atoms with E-state index >= 15 is 0 Å². The van der Waals surface area contributed by atoms with Gasteiger partial charge in [0.1, 0.15) is 0 Å². The van der Waals surface area contributed by atoms with Crippen LogP contribution in [-0.4, -0.2) is 31.7 Å². The summed E-state index contributed by atoms with van der Waals surface area (Å²) in [5.74, 6) is -0.711. The smallest absolute Gasteiger partial charge is 0.398 e. The van der Waals surface area contributed by atoms with Gasteiger partial charge < -0.3 is 4.74 Å². The lowest BCUT2D eigenvalue weighted by molar-refractivity contribution is -0.152. The van der Waals surface area contributed by atoms with E-state index in [2.05, 4.69) is 18.0 Å². The van der Waals surface area contributed by atoms with Gasteiger partial charge in [-0.05, 0) is 12.8 Å². The van der Waals surface area contributed by atoms with E-state index in [1.54, 1.807) is 0 Å².